The normalized spacial score (nSPS) is 11.5. The number of carbonyl (C=O) groups is 2. The lowest BCUT2D eigenvalue weighted by Gasteiger charge is -2.15. The predicted molar refractivity (Wildman–Crippen MR) is 78.0 cm³/mol. The van der Waals surface area contributed by atoms with E-state index >= 15 is 0 Å². The first-order valence-corrected chi connectivity index (χ1v) is 6.61. The molecular weight excluding hydrogens is 268 g/mol. The summed E-state index contributed by atoms with van der Waals surface area (Å²) < 4.78 is 10.4. The van der Waals surface area contributed by atoms with Crippen molar-refractivity contribution in [3.63, 3.8) is 0 Å². The molecule has 0 N–H and O–H groups in total. The van der Waals surface area contributed by atoms with Crippen molar-refractivity contribution in [1.29, 1.82) is 0 Å². The van der Waals surface area contributed by atoms with Gasteiger partial charge >= 0.3 is 11.9 Å². The molecule has 1 unspecified atom stereocenters. The lowest BCUT2D eigenvalue weighted by Crippen LogP contribution is -2.12. The molecular formula is C17H16O4. The lowest BCUT2D eigenvalue weighted by atomic mass is 10.1. The van der Waals surface area contributed by atoms with Gasteiger partial charge in [0.25, 0.3) is 0 Å². The van der Waals surface area contributed by atoms with Gasteiger partial charge in [-0.1, -0.05) is 42.5 Å². The summed E-state index contributed by atoms with van der Waals surface area (Å²) in [6.07, 6.45) is -0.385. The monoisotopic (exact) mass is 284 g/mol. The van der Waals surface area contributed by atoms with Gasteiger partial charge in [0.2, 0.25) is 0 Å². The molecule has 0 bridgehead atoms. The Hall–Kier alpha value is -2.62. The Morgan fingerprint density at radius 3 is 2.24 bits per heavy atom. The minimum absolute atomic E-state index is 0.204. The van der Waals surface area contributed by atoms with Crippen molar-refractivity contribution in [3.05, 3.63) is 65.7 Å². The van der Waals surface area contributed by atoms with Crippen LogP contribution in [0.3, 0.4) is 0 Å². The zero-order valence-corrected chi connectivity index (χ0v) is 11.9. The highest BCUT2D eigenvalue weighted by atomic mass is 16.6. The van der Waals surface area contributed by atoms with Gasteiger partial charge in [-0.25, -0.2) is 4.79 Å². The molecule has 0 fully saturated rings. The van der Waals surface area contributed by atoms with Crippen LogP contribution in [0.4, 0.5) is 0 Å². The van der Waals surface area contributed by atoms with E-state index in [1.165, 1.54) is 6.92 Å². The topological polar surface area (TPSA) is 52.6 Å². The molecule has 4 nitrogen and oxygen atoms in total. The molecule has 21 heavy (non-hydrogen) atoms. The van der Waals surface area contributed by atoms with Crippen molar-refractivity contribution in [1.82, 2.24) is 0 Å². The predicted octanol–water partition coefficient (Wildman–Crippen LogP) is 3.53. The summed E-state index contributed by atoms with van der Waals surface area (Å²) in [5.74, 6) is -0.801. The summed E-state index contributed by atoms with van der Waals surface area (Å²) >= 11 is 0. The summed E-state index contributed by atoms with van der Waals surface area (Å²) in [4.78, 5) is 23.3. The second-order valence-corrected chi connectivity index (χ2v) is 4.55. The fourth-order valence-corrected chi connectivity index (χ4v) is 1.90. The second-order valence-electron chi connectivity index (χ2n) is 4.55. The Morgan fingerprint density at radius 1 is 0.952 bits per heavy atom. The number of benzene rings is 2. The van der Waals surface area contributed by atoms with E-state index in [0.29, 0.717) is 0 Å². The van der Waals surface area contributed by atoms with Gasteiger partial charge in [-0.2, -0.15) is 0 Å². The molecule has 0 amide bonds. The van der Waals surface area contributed by atoms with Crippen molar-refractivity contribution < 1.29 is 19.1 Å². The quantitative estimate of drug-likeness (QED) is 0.636. The zero-order valence-electron chi connectivity index (χ0n) is 11.9. The molecule has 0 spiro atoms. The van der Waals surface area contributed by atoms with Crippen LogP contribution in [0.1, 0.15) is 35.9 Å². The largest absolute Gasteiger partial charge is 0.454 e. The average molecular weight is 284 g/mol. The molecule has 0 heterocycles. The number of esters is 2. The van der Waals surface area contributed by atoms with Crippen LogP contribution in [0.25, 0.3) is 0 Å². The average Bonchev–Trinajstić information content (AvgIpc) is 2.48. The molecule has 108 valence electrons. The van der Waals surface area contributed by atoms with Crippen LogP contribution in [0.2, 0.25) is 0 Å². The van der Waals surface area contributed by atoms with Gasteiger partial charge in [-0.15, -0.1) is 0 Å². The van der Waals surface area contributed by atoms with Gasteiger partial charge in [0.05, 0.1) is 0 Å². The molecule has 0 radical (unpaired) electrons. The minimum atomic E-state index is -0.525. The van der Waals surface area contributed by atoms with E-state index in [1.54, 1.807) is 31.2 Å². The second kappa shape index (κ2) is 6.70. The van der Waals surface area contributed by atoms with Gasteiger partial charge in [0, 0.05) is 6.92 Å². The minimum Gasteiger partial charge on any atom is -0.454 e. The number of hydrogen-bond acceptors (Lipinski definition) is 4. The summed E-state index contributed by atoms with van der Waals surface area (Å²) in [7, 11) is 0. The first-order valence-electron chi connectivity index (χ1n) is 6.61. The third kappa shape index (κ3) is 3.92. The molecule has 0 aliphatic carbocycles. The van der Waals surface area contributed by atoms with Crippen molar-refractivity contribution in [2.45, 2.75) is 20.0 Å². The Morgan fingerprint density at radius 2 is 1.57 bits per heavy atom. The molecule has 2 aromatic rings. The van der Waals surface area contributed by atoms with Crippen molar-refractivity contribution >= 4 is 11.9 Å². The molecule has 0 aliphatic rings. The summed E-state index contributed by atoms with van der Waals surface area (Å²) in [5, 5.41) is 0. The molecule has 0 saturated carbocycles. The van der Waals surface area contributed by atoms with Gasteiger partial charge in [0.1, 0.15) is 17.4 Å². The lowest BCUT2D eigenvalue weighted by molar-refractivity contribution is -0.131. The van der Waals surface area contributed by atoms with E-state index in [-0.39, 0.29) is 17.4 Å². The van der Waals surface area contributed by atoms with Crippen LogP contribution >= 0.6 is 0 Å². The highest BCUT2D eigenvalue weighted by Gasteiger charge is 2.18. The molecule has 4 heteroatoms. The molecule has 0 aromatic heterocycles. The van der Waals surface area contributed by atoms with Crippen molar-refractivity contribution in [2.75, 3.05) is 0 Å². The summed E-state index contributed by atoms with van der Waals surface area (Å²) in [6, 6.07) is 15.9. The maximum atomic E-state index is 12.2. The van der Waals surface area contributed by atoms with Crippen LogP contribution in [0.15, 0.2) is 54.6 Å². The maximum absolute atomic E-state index is 12.2. The Balaban J connectivity index is 2.15. The van der Waals surface area contributed by atoms with E-state index < -0.39 is 11.9 Å². The zero-order chi connectivity index (χ0) is 15.2. The fourth-order valence-electron chi connectivity index (χ4n) is 1.90. The highest BCUT2D eigenvalue weighted by Crippen LogP contribution is 2.23. The van der Waals surface area contributed by atoms with E-state index in [4.69, 9.17) is 9.47 Å². The smallest absolute Gasteiger partial charge is 0.342 e. The fraction of sp³-hybridized carbons (Fsp3) is 0.176. The van der Waals surface area contributed by atoms with E-state index in [9.17, 15) is 9.59 Å². The van der Waals surface area contributed by atoms with Crippen LogP contribution in [-0.2, 0) is 9.53 Å². The van der Waals surface area contributed by atoms with E-state index in [2.05, 4.69) is 0 Å². The van der Waals surface area contributed by atoms with Crippen LogP contribution in [0, 0.1) is 0 Å². The van der Waals surface area contributed by atoms with Crippen molar-refractivity contribution in [2.24, 2.45) is 0 Å². The SMILES string of the molecule is CC(=O)Oc1ccccc1C(=O)OC(C)c1ccccc1. The van der Waals surface area contributed by atoms with Gasteiger partial charge in [-0.3, -0.25) is 4.79 Å². The third-order valence-corrected chi connectivity index (χ3v) is 2.91. The van der Waals surface area contributed by atoms with E-state index in [1.807, 2.05) is 30.3 Å². The molecule has 1 atom stereocenters. The Kier molecular flexibility index (Phi) is 4.72. The molecule has 2 rings (SSSR count). The number of ether oxygens (including phenoxy) is 2. The Labute approximate surface area is 123 Å². The van der Waals surface area contributed by atoms with Gasteiger partial charge in [0.15, 0.2) is 0 Å². The number of hydrogen-bond donors (Lipinski definition) is 0. The van der Waals surface area contributed by atoms with Gasteiger partial charge in [-0.05, 0) is 24.6 Å². The van der Waals surface area contributed by atoms with Crippen LogP contribution in [-0.4, -0.2) is 11.9 Å². The number of para-hydroxylation sites is 1. The van der Waals surface area contributed by atoms with Gasteiger partial charge < -0.3 is 9.47 Å². The Bertz CT molecular complexity index is 634. The van der Waals surface area contributed by atoms with Crippen LogP contribution < -0.4 is 4.74 Å². The summed E-state index contributed by atoms with van der Waals surface area (Å²) in [5.41, 5.74) is 1.13. The standard InChI is InChI=1S/C17H16O4/c1-12(14-8-4-3-5-9-14)20-17(19)15-10-6-7-11-16(15)21-13(2)18/h3-12H,1-2H3. The third-order valence-electron chi connectivity index (χ3n) is 2.91. The molecule has 0 saturated heterocycles. The number of rotatable bonds is 4. The molecule has 0 aliphatic heterocycles. The highest BCUT2D eigenvalue weighted by molar-refractivity contribution is 5.93. The number of carbonyl (C=O) groups excluding carboxylic acids is 2. The molecule has 2 aromatic carbocycles. The maximum Gasteiger partial charge on any atom is 0.342 e. The summed E-state index contributed by atoms with van der Waals surface area (Å²) in [6.45, 7) is 3.08. The van der Waals surface area contributed by atoms with E-state index in [0.717, 1.165) is 5.56 Å². The van der Waals surface area contributed by atoms with Crippen molar-refractivity contribution in [3.8, 4) is 5.75 Å². The first-order chi connectivity index (χ1) is 10.1. The first kappa shape index (κ1) is 14.8. The van der Waals surface area contributed by atoms with Crippen LogP contribution in [0.5, 0.6) is 5.75 Å².